The van der Waals surface area contributed by atoms with E-state index in [2.05, 4.69) is 0 Å². The number of ether oxygens (including phenoxy) is 6. The molecule has 0 fully saturated rings. The van der Waals surface area contributed by atoms with E-state index in [0.29, 0.717) is 48.4 Å². The Bertz CT molecular complexity index is 1170. The molecule has 0 saturated heterocycles. The summed E-state index contributed by atoms with van der Waals surface area (Å²) in [4.78, 5) is 13.6. The van der Waals surface area contributed by atoms with Crippen LogP contribution in [0.25, 0.3) is 22.3 Å². The molecule has 0 bridgehead atoms. The van der Waals surface area contributed by atoms with E-state index in [1.165, 1.54) is 14.2 Å². The summed E-state index contributed by atoms with van der Waals surface area (Å²) in [6, 6.07) is 6.95. The van der Waals surface area contributed by atoms with Crippen LogP contribution in [0.5, 0.6) is 34.5 Å². The second kappa shape index (κ2) is 10.8. The van der Waals surface area contributed by atoms with Crippen LogP contribution in [-0.4, -0.2) is 40.6 Å². The highest BCUT2D eigenvalue weighted by Gasteiger charge is 2.26. The van der Waals surface area contributed by atoms with Crippen LogP contribution in [0.4, 0.5) is 0 Å². The van der Waals surface area contributed by atoms with Crippen LogP contribution < -0.4 is 33.8 Å². The van der Waals surface area contributed by atoms with Crippen LogP contribution in [0, 0.1) is 0 Å². The highest BCUT2D eigenvalue weighted by atomic mass is 16.5. The van der Waals surface area contributed by atoms with Crippen molar-refractivity contribution in [1.29, 1.82) is 0 Å². The molecule has 0 saturated carbocycles. The lowest BCUT2D eigenvalue weighted by atomic mass is 10.1. The van der Waals surface area contributed by atoms with Crippen LogP contribution in [0.15, 0.2) is 33.5 Å². The largest absolute Gasteiger partial charge is 0.493 e. The van der Waals surface area contributed by atoms with Gasteiger partial charge in [0.2, 0.25) is 16.9 Å². The molecule has 0 unspecified atom stereocenters. The summed E-state index contributed by atoms with van der Waals surface area (Å²) in [6.07, 6.45) is 0. The molecule has 0 atom stereocenters. The molecule has 0 aliphatic rings. The van der Waals surface area contributed by atoms with Gasteiger partial charge in [-0.25, -0.2) is 0 Å². The summed E-state index contributed by atoms with van der Waals surface area (Å²) in [5, 5.41) is 0.220. The van der Waals surface area contributed by atoms with Crippen molar-refractivity contribution in [1.82, 2.24) is 0 Å². The van der Waals surface area contributed by atoms with Crippen molar-refractivity contribution in [3.05, 3.63) is 34.5 Å². The van der Waals surface area contributed by atoms with Crippen molar-refractivity contribution in [2.24, 2.45) is 0 Å². The van der Waals surface area contributed by atoms with Crippen molar-refractivity contribution < 1.29 is 32.8 Å². The molecule has 0 N–H and O–H groups in total. The van der Waals surface area contributed by atoms with Gasteiger partial charge >= 0.3 is 0 Å². The zero-order chi connectivity index (χ0) is 24.0. The van der Waals surface area contributed by atoms with Gasteiger partial charge < -0.3 is 32.8 Å². The summed E-state index contributed by atoms with van der Waals surface area (Å²) in [5.74, 6) is 2.44. The average Bonchev–Trinajstić information content (AvgIpc) is 2.81. The monoisotopic (exact) mass is 458 g/mol. The Morgan fingerprint density at radius 3 is 1.94 bits per heavy atom. The normalized spacial score (nSPS) is 10.7. The van der Waals surface area contributed by atoms with Gasteiger partial charge in [0.15, 0.2) is 28.8 Å². The predicted molar refractivity (Wildman–Crippen MR) is 126 cm³/mol. The highest BCUT2D eigenvalue weighted by Crippen LogP contribution is 2.45. The van der Waals surface area contributed by atoms with Crippen molar-refractivity contribution >= 4 is 11.0 Å². The Kier molecular flexibility index (Phi) is 7.92. The van der Waals surface area contributed by atoms with Gasteiger partial charge in [0.25, 0.3) is 0 Å². The Morgan fingerprint density at radius 2 is 1.33 bits per heavy atom. The number of rotatable bonds is 11. The number of methoxy groups -OCH3 is 2. The van der Waals surface area contributed by atoms with Crippen molar-refractivity contribution in [3.63, 3.8) is 0 Å². The molecule has 3 rings (SSSR count). The first kappa shape index (κ1) is 24.1. The van der Waals surface area contributed by atoms with Crippen LogP contribution in [-0.2, 0) is 0 Å². The minimum atomic E-state index is -0.371. The Balaban J connectivity index is 2.36. The molecule has 1 aromatic heterocycles. The summed E-state index contributed by atoms with van der Waals surface area (Å²) >= 11 is 0. The number of hydrogen-bond acceptors (Lipinski definition) is 8. The lowest BCUT2D eigenvalue weighted by Crippen LogP contribution is -2.12. The Hall–Kier alpha value is -3.55. The maximum atomic E-state index is 13.6. The van der Waals surface area contributed by atoms with E-state index in [9.17, 15) is 4.79 Å². The second-order valence-corrected chi connectivity index (χ2v) is 6.80. The first-order chi connectivity index (χ1) is 16.0. The molecule has 1 heterocycles. The minimum absolute atomic E-state index is 0.0739. The van der Waals surface area contributed by atoms with Gasteiger partial charge in [-0.1, -0.05) is 0 Å². The van der Waals surface area contributed by atoms with Crippen LogP contribution in [0.3, 0.4) is 0 Å². The molecule has 0 aliphatic carbocycles. The number of benzene rings is 2. The summed E-state index contributed by atoms with van der Waals surface area (Å²) in [5.41, 5.74) is 0.521. The number of fused-ring (bicyclic) bond motifs is 1. The quantitative estimate of drug-likeness (QED) is 0.394. The van der Waals surface area contributed by atoms with Gasteiger partial charge in [-0.05, 0) is 45.9 Å². The first-order valence-electron chi connectivity index (χ1n) is 11.0. The van der Waals surface area contributed by atoms with E-state index in [0.717, 1.165) is 0 Å². The third kappa shape index (κ3) is 4.65. The summed E-state index contributed by atoms with van der Waals surface area (Å²) in [7, 11) is 2.99. The lowest BCUT2D eigenvalue weighted by Gasteiger charge is -2.17. The molecule has 0 aliphatic heterocycles. The van der Waals surface area contributed by atoms with E-state index in [4.69, 9.17) is 32.8 Å². The average molecular weight is 459 g/mol. The van der Waals surface area contributed by atoms with E-state index in [1.807, 2.05) is 20.8 Å². The smallest absolute Gasteiger partial charge is 0.239 e. The summed E-state index contributed by atoms with van der Waals surface area (Å²) < 4.78 is 40.1. The van der Waals surface area contributed by atoms with E-state index in [1.54, 1.807) is 31.2 Å². The molecule has 3 aromatic rings. The fourth-order valence-corrected chi connectivity index (χ4v) is 3.55. The van der Waals surface area contributed by atoms with Crippen LogP contribution in [0.1, 0.15) is 27.7 Å². The molecule has 0 amide bonds. The molecule has 8 heteroatoms. The van der Waals surface area contributed by atoms with E-state index >= 15 is 0 Å². The Morgan fingerprint density at radius 1 is 0.697 bits per heavy atom. The van der Waals surface area contributed by atoms with Gasteiger partial charge in [0, 0.05) is 11.6 Å². The zero-order valence-electron chi connectivity index (χ0n) is 19.9. The van der Waals surface area contributed by atoms with Gasteiger partial charge in [-0.2, -0.15) is 0 Å². The fourth-order valence-electron chi connectivity index (χ4n) is 3.55. The van der Waals surface area contributed by atoms with Crippen LogP contribution >= 0.6 is 0 Å². The first-order valence-corrected chi connectivity index (χ1v) is 11.0. The molecule has 2 aromatic carbocycles. The maximum Gasteiger partial charge on any atom is 0.239 e. The summed E-state index contributed by atoms with van der Waals surface area (Å²) in [6.45, 7) is 8.95. The third-order valence-corrected chi connectivity index (χ3v) is 4.82. The molecular formula is C25H30O8. The van der Waals surface area contributed by atoms with Gasteiger partial charge in [0.05, 0.1) is 40.6 Å². The molecule has 0 radical (unpaired) electrons. The second-order valence-electron chi connectivity index (χ2n) is 6.80. The topological polar surface area (TPSA) is 85.6 Å². The van der Waals surface area contributed by atoms with Gasteiger partial charge in [-0.15, -0.1) is 0 Å². The molecule has 178 valence electrons. The number of hydrogen-bond donors (Lipinski definition) is 0. The standard InChI is InChI=1S/C25H30O8/c1-7-29-16-12-11-15(13-17(16)30-8-2)22-25(32-10-4)21(26)20-18(33-22)14-19(27-5)23(28-6)24(20)31-9-3/h11-14H,7-10H2,1-6H3. The SMILES string of the molecule is CCOc1ccc(-c2oc3cc(OC)c(OC)c(OCC)c3c(=O)c2OCC)cc1OCC. The maximum absolute atomic E-state index is 13.6. The van der Waals surface area contributed by atoms with E-state index < -0.39 is 0 Å². The molecule has 0 spiro atoms. The van der Waals surface area contributed by atoms with Crippen molar-refractivity contribution in [2.75, 3.05) is 40.6 Å². The lowest BCUT2D eigenvalue weighted by molar-refractivity contribution is 0.287. The molecular weight excluding hydrogens is 428 g/mol. The predicted octanol–water partition coefficient (Wildman–Crippen LogP) is 5.07. The zero-order valence-corrected chi connectivity index (χ0v) is 19.9. The van der Waals surface area contributed by atoms with Gasteiger partial charge in [0.1, 0.15) is 11.0 Å². The fraction of sp³-hybridized carbons (Fsp3) is 0.400. The van der Waals surface area contributed by atoms with Crippen LogP contribution in [0.2, 0.25) is 0 Å². The highest BCUT2D eigenvalue weighted by molar-refractivity contribution is 5.92. The van der Waals surface area contributed by atoms with Gasteiger partial charge in [-0.3, -0.25) is 4.79 Å². The molecule has 8 nitrogen and oxygen atoms in total. The molecule has 33 heavy (non-hydrogen) atoms. The Labute approximate surface area is 192 Å². The van der Waals surface area contributed by atoms with Crippen molar-refractivity contribution in [3.8, 4) is 45.8 Å². The third-order valence-electron chi connectivity index (χ3n) is 4.82. The minimum Gasteiger partial charge on any atom is -0.493 e. The van der Waals surface area contributed by atoms with E-state index in [-0.39, 0.29) is 40.3 Å². The van der Waals surface area contributed by atoms with Crippen molar-refractivity contribution in [2.45, 2.75) is 27.7 Å².